The molecule has 0 saturated carbocycles. The number of para-hydroxylation sites is 2. The molecule has 0 aliphatic rings. The van der Waals surface area contributed by atoms with Crippen molar-refractivity contribution < 1.29 is 28.4 Å². The van der Waals surface area contributed by atoms with Crippen molar-refractivity contribution in [1.82, 2.24) is 0 Å². The van der Waals surface area contributed by atoms with Gasteiger partial charge in [0.1, 0.15) is 13.2 Å². The summed E-state index contributed by atoms with van der Waals surface area (Å²) in [6, 6.07) is 7.68. The summed E-state index contributed by atoms with van der Waals surface area (Å²) in [6.45, 7) is 10.5. The van der Waals surface area contributed by atoms with Crippen LogP contribution in [0.1, 0.15) is 65.2 Å². The molecule has 0 amide bonds. The van der Waals surface area contributed by atoms with Gasteiger partial charge in [0.25, 0.3) is 0 Å². The molecule has 0 atom stereocenters. The molecule has 0 aliphatic heterocycles. The number of rotatable bonds is 24. The molecule has 0 spiro atoms. The van der Waals surface area contributed by atoms with Gasteiger partial charge in [0.2, 0.25) is 0 Å². The van der Waals surface area contributed by atoms with Gasteiger partial charge in [-0.3, -0.25) is 0 Å². The van der Waals surface area contributed by atoms with Crippen molar-refractivity contribution >= 4 is 0 Å². The third kappa shape index (κ3) is 17.2. The van der Waals surface area contributed by atoms with Crippen LogP contribution in [0.4, 0.5) is 0 Å². The Morgan fingerprint density at radius 2 is 0.812 bits per heavy atom. The summed E-state index contributed by atoms with van der Waals surface area (Å²) in [5.74, 6) is 1.44. The fourth-order valence-electron chi connectivity index (χ4n) is 3.02. The lowest BCUT2D eigenvalue weighted by Gasteiger charge is -2.13. The van der Waals surface area contributed by atoms with Crippen LogP contribution in [0.15, 0.2) is 24.3 Å². The lowest BCUT2D eigenvalue weighted by atomic mass is 10.2. The van der Waals surface area contributed by atoms with Gasteiger partial charge in [0.05, 0.1) is 39.6 Å². The molecule has 6 nitrogen and oxygen atoms in total. The molecule has 0 N–H and O–H groups in total. The molecule has 0 fully saturated rings. The molecular formula is C26H46O6. The van der Waals surface area contributed by atoms with Crippen molar-refractivity contribution in [3.8, 4) is 11.5 Å². The molecule has 1 aromatic carbocycles. The molecule has 0 heterocycles. The number of hydrogen-bond acceptors (Lipinski definition) is 6. The highest BCUT2D eigenvalue weighted by molar-refractivity contribution is 5.39. The molecule has 0 saturated heterocycles. The van der Waals surface area contributed by atoms with Crippen LogP contribution in [-0.2, 0) is 18.9 Å². The minimum atomic E-state index is 0.475. The number of benzene rings is 1. The first-order valence-electron chi connectivity index (χ1n) is 12.5. The molecule has 0 bridgehead atoms. The zero-order valence-electron chi connectivity index (χ0n) is 20.5. The van der Waals surface area contributed by atoms with Crippen molar-refractivity contribution in [2.24, 2.45) is 0 Å². The first kappa shape index (κ1) is 28.7. The highest BCUT2D eigenvalue weighted by atomic mass is 16.6. The van der Waals surface area contributed by atoms with E-state index in [0.717, 1.165) is 37.6 Å². The quantitative estimate of drug-likeness (QED) is 0.188. The van der Waals surface area contributed by atoms with Crippen molar-refractivity contribution in [3.05, 3.63) is 24.3 Å². The molecule has 0 aromatic heterocycles. The van der Waals surface area contributed by atoms with E-state index in [2.05, 4.69) is 13.8 Å². The summed E-state index contributed by atoms with van der Waals surface area (Å²) in [5.41, 5.74) is 0. The standard InChI is InChI=1S/C26H46O6/c1-3-5-7-11-15-27-17-19-29-21-23-31-25-13-9-10-14-26(25)32-24-22-30-20-18-28-16-12-8-6-4-2/h9-10,13-14H,3-8,11-12,15-24H2,1-2H3. The van der Waals surface area contributed by atoms with Crippen molar-refractivity contribution in [2.45, 2.75) is 65.2 Å². The minimum absolute atomic E-state index is 0.475. The maximum atomic E-state index is 5.81. The lowest BCUT2D eigenvalue weighted by Crippen LogP contribution is -2.13. The fourth-order valence-corrected chi connectivity index (χ4v) is 3.02. The van der Waals surface area contributed by atoms with Crippen molar-refractivity contribution in [1.29, 1.82) is 0 Å². The zero-order valence-corrected chi connectivity index (χ0v) is 20.5. The Labute approximate surface area is 195 Å². The van der Waals surface area contributed by atoms with Crippen LogP contribution in [-0.4, -0.2) is 66.1 Å². The number of hydrogen-bond donors (Lipinski definition) is 0. The Morgan fingerprint density at radius 1 is 0.438 bits per heavy atom. The van der Waals surface area contributed by atoms with Gasteiger partial charge >= 0.3 is 0 Å². The Hall–Kier alpha value is -1.34. The fraction of sp³-hybridized carbons (Fsp3) is 0.769. The van der Waals surface area contributed by atoms with Gasteiger partial charge in [-0.05, 0) is 25.0 Å². The van der Waals surface area contributed by atoms with Crippen LogP contribution >= 0.6 is 0 Å². The second kappa shape index (κ2) is 22.8. The molecule has 32 heavy (non-hydrogen) atoms. The van der Waals surface area contributed by atoms with Gasteiger partial charge in [0, 0.05) is 13.2 Å². The van der Waals surface area contributed by atoms with Crippen LogP contribution in [0.5, 0.6) is 11.5 Å². The van der Waals surface area contributed by atoms with E-state index < -0.39 is 0 Å². The second-order valence-corrected chi connectivity index (χ2v) is 7.71. The Bertz CT molecular complexity index is 466. The number of unbranched alkanes of at least 4 members (excludes halogenated alkanes) is 6. The zero-order chi connectivity index (χ0) is 23.0. The summed E-state index contributed by atoms with van der Waals surface area (Å²) in [6.07, 6.45) is 9.81. The van der Waals surface area contributed by atoms with Crippen LogP contribution in [0.2, 0.25) is 0 Å². The molecule has 0 radical (unpaired) electrons. The largest absolute Gasteiger partial charge is 0.487 e. The van der Waals surface area contributed by atoms with Gasteiger partial charge < -0.3 is 28.4 Å². The van der Waals surface area contributed by atoms with Crippen LogP contribution in [0, 0.1) is 0 Å². The first-order chi connectivity index (χ1) is 15.9. The van der Waals surface area contributed by atoms with Crippen LogP contribution in [0.25, 0.3) is 0 Å². The van der Waals surface area contributed by atoms with E-state index in [1.807, 2.05) is 24.3 Å². The van der Waals surface area contributed by atoms with E-state index >= 15 is 0 Å². The molecule has 1 rings (SSSR count). The first-order valence-corrected chi connectivity index (χ1v) is 12.5. The van der Waals surface area contributed by atoms with E-state index in [1.54, 1.807) is 0 Å². The predicted octanol–water partition coefficient (Wildman–Crippen LogP) is 5.67. The summed E-state index contributed by atoms with van der Waals surface area (Å²) in [7, 11) is 0. The molecule has 186 valence electrons. The van der Waals surface area contributed by atoms with Gasteiger partial charge in [0.15, 0.2) is 11.5 Å². The maximum absolute atomic E-state index is 5.81. The van der Waals surface area contributed by atoms with E-state index in [4.69, 9.17) is 28.4 Å². The number of ether oxygens (including phenoxy) is 6. The summed E-state index contributed by atoms with van der Waals surface area (Å²) in [5, 5.41) is 0. The molecule has 1 aromatic rings. The predicted molar refractivity (Wildman–Crippen MR) is 129 cm³/mol. The summed E-state index contributed by atoms with van der Waals surface area (Å²) >= 11 is 0. The maximum Gasteiger partial charge on any atom is 0.161 e. The van der Waals surface area contributed by atoms with Crippen LogP contribution < -0.4 is 9.47 Å². The van der Waals surface area contributed by atoms with Gasteiger partial charge in [-0.2, -0.15) is 0 Å². The molecule has 6 heteroatoms. The Morgan fingerprint density at radius 3 is 1.22 bits per heavy atom. The smallest absolute Gasteiger partial charge is 0.161 e. The highest BCUT2D eigenvalue weighted by Crippen LogP contribution is 2.26. The Balaban J connectivity index is 1.99. The average molecular weight is 455 g/mol. The van der Waals surface area contributed by atoms with E-state index in [9.17, 15) is 0 Å². The Kier molecular flexibility index (Phi) is 20.5. The lowest BCUT2D eigenvalue weighted by molar-refractivity contribution is 0.0321. The van der Waals surface area contributed by atoms with Crippen LogP contribution in [0.3, 0.4) is 0 Å². The summed E-state index contributed by atoms with van der Waals surface area (Å²) < 4.78 is 33.9. The van der Waals surface area contributed by atoms with Gasteiger partial charge in [-0.15, -0.1) is 0 Å². The van der Waals surface area contributed by atoms with E-state index in [0.29, 0.717) is 52.9 Å². The average Bonchev–Trinajstić information content (AvgIpc) is 2.81. The van der Waals surface area contributed by atoms with Crippen molar-refractivity contribution in [3.63, 3.8) is 0 Å². The molecule has 0 aliphatic carbocycles. The topological polar surface area (TPSA) is 55.4 Å². The normalized spacial score (nSPS) is 11.1. The second-order valence-electron chi connectivity index (χ2n) is 7.71. The van der Waals surface area contributed by atoms with Gasteiger partial charge in [-0.1, -0.05) is 64.5 Å². The van der Waals surface area contributed by atoms with Crippen molar-refractivity contribution in [2.75, 3.05) is 66.1 Å². The van der Waals surface area contributed by atoms with Gasteiger partial charge in [-0.25, -0.2) is 0 Å². The molecule has 0 unspecified atom stereocenters. The van der Waals surface area contributed by atoms with E-state index in [-0.39, 0.29) is 0 Å². The SMILES string of the molecule is CCCCCCOCCOCCOc1ccccc1OCCOCCOCCCCCC. The molecular weight excluding hydrogens is 408 g/mol. The van der Waals surface area contributed by atoms with E-state index in [1.165, 1.54) is 38.5 Å². The monoisotopic (exact) mass is 454 g/mol. The third-order valence-corrected chi connectivity index (χ3v) is 4.85. The highest BCUT2D eigenvalue weighted by Gasteiger charge is 2.04. The summed E-state index contributed by atoms with van der Waals surface area (Å²) in [4.78, 5) is 0. The third-order valence-electron chi connectivity index (χ3n) is 4.85. The minimum Gasteiger partial charge on any atom is -0.487 e.